The third kappa shape index (κ3) is 5.78. The van der Waals surface area contributed by atoms with Gasteiger partial charge in [0, 0.05) is 24.4 Å². The summed E-state index contributed by atoms with van der Waals surface area (Å²) in [4.78, 5) is 12.8. The maximum absolute atomic E-state index is 12.8. The summed E-state index contributed by atoms with van der Waals surface area (Å²) in [7, 11) is -3.53. The Morgan fingerprint density at radius 2 is 1.76 bits per heavy atom. The zero-order valence-electron chi connectivity index (χ0n) is 17.6. The molecule has 0 atom stereocenters. The van der Waals surface area contributed by atoms with Crippen LogP contribution in [0.4, 0.5) is 5.13 Å². The Labute approximate surface area is 200 Å². The summed E-state index contributed by atoms with van der Waals surface area (Å²) in [6, 6.07) is 15.4. The van der Waals surface area contributed by atoms with Gasteiger partial charge in [-0.1, -0.05) is 41.7 Å². The molecule has 1 aromatic heterocycles. The van der Waals surface area contributed by atoms with Crippen LogP contribution in [0.5, 0.6) is 0 Å². The predicted octanol–water partition coefficient (Wildman–Crippen LogP) is 4.13. The number of nitrogens with zero attached hydrogens (tertiary/aromatic N) is 4. The number of carbonyl (C=O) groups excluding carboxylic acids is 1. The lowest BCUT2D eigenvalue weighted by molar-refractivity contribution is 0.102. The Hall–Kier alpha value is -2.78. The topological polar surface area (TPSA) is 116 Å². The number of benzene rings is 2. The summed E-state index contributed by atoms with van der Waals surface area (Å²) in [5.41, 5.74) is 2.01. The standard InChI is InChI=1S/C22H21N5O3S3/c23-14-16-4-6-17(7-5-16)15-31-22-26-25-21(32-22)24-20(28)18-8-10-19(11-9-18)33(29,30)27-12-2-1-3-13-27/h4-11H,1-3,12-13,15H2,(H,24,25,28). The second-order valence-corrected chi connectivity index (χ2v) is 11.6. The van der Waals surface area contributed by atoms with Gasteiger partial charge in [-0.3, -0.25) is 10.1 Å². The SMILES string of the molecule is N#Cc1ccc(CSc2nnc(NC(=O)c3ccc(S(=O)(=O)N4CCCCC4)cc3)s2)cc1. The number of carbonyl (C=O) groups is 1. The van der Waals surface area contributed by atoms with Gasteiger partial charge in [-0.05, 0) is 54.8 Å². The minimum absolute atomic E-state index is 0.193. The van der Waals surface area contributed by atoms with Crippen molar-refractivity contribution in [3.63, 3.8) is 0 Å². The lowest BCUT2D eigenvalue weighted by atomic mass is 10.2. The second kappa shape index (κ2) is 10.4. The highest BCUT2D eigenvalue weighted by Gasteiger charge is 2.26. The first-order valence-corrected chi connectivity index (χ1v) is 13.6. The summed E-state index contributed by atoms with van der Waals surface area (Å²) >= 11 is 2.75. The number of nitriles is 1. The van der Waals surface area contributed by atoms with Crippen molar-refractivity contribution >= 4 is 44.2 Å². The molecule has 0 bridgehead atoms. The minimum Gasteiger partial charge on any atom is -0.296 e. The van der Waals surface area contributed by atoms with Crippen LogP contribution >= 0.6 is 23.1 Å². The highest BCUT2D eigenvalue weighted by atomic mass is 32.2. The highest BCUT2D eigenvalue weighted by molar-refractivity contribution is 8.00. The molecular weight excluding hydrogens is 478 g/mol. The van der Waals surface area contributed by atoms with Crippen LogP contribution in [-0.4, -0.2) is 41.9 Å². The zero-order chi connectivity index (χ0) is 23.3. The molecule has 1 amide bonds. The molecule has 1 N–H and O–H groups in total. The fourth-order valence-corrected chi connectivity index (χ4v) is 6.56. The first-order chi connectivity index (χ1) is 16.0. The lowest BCUT2D eigenvalue weighted by Crippen LogP contribution is -2.35. The van der Waals surface area contributed by atoms with Crippen LogP contribution in [-0.2, 0) is 15.8 Å². The van der Waals surface area contributed by atoms with E-state index in [-0.39, 0.29) is 10.8 Å². The summed E-state index contributed by atoms with van der Waals surface area (Å²) in [5.74, 6) is 0.290. The van der Waals surface area contributed by atoms with Crippen molar-refractivity contribution < 1.29 is 13.2 Å². The Morgan fingerprint density at radius 1 is 1.06 bits per heavy atom. The fraction of sp³-hybridized carbons (Fsp3) is 0.273. The van der Waals surface area contributed by atoms with E-state index in [2.05, 4.69) is 21.6 Å². The number of aromatic nitrogens is 2. The van der Waals surface area contributed by atoms with E-state index in [0.29, 0.717) is 39.4 Å². The van der Waals surface area contributed by atoms with Gasteiger partial charge in [0.2, 0.25) is 15.2 Å². The molecule has 11 heteroatoms. The molecule has 2 aromatic carbocycles. The highest BCUT2D eigenvalue weighted by Crippen LogP contribution is 2.29. The quantitative estimate of drug-likeness (QED) is 0.384. The molecule has 0 saturated carbocycles. The minimum atomic E-state index is -3.53. The predicted molar refractivity (Wildman–Crippen MR) is 128 cm³/mol. The first kappa shape index (κ1) is 23.4. The molecule has 2 heterocycles. The molecule has 0 spiro atoms. The Bertz CT molecular complexity index is 1260. The van der Waals surface area contributed by atoms with E-state index >= 15 is 0 Å². The summed E-state index contributed by atoms with van der Waals surface area (Å²) in [6.07, 6.45) is 2.79. The van der Waals surface area contributed by atoms with Crippen LogP contribution < -0.4 is 5.32 Å². The normalized spacial score (nSPS) is 14.5. The summed E-state index contributed by atoms with van der Waals surface area (Å²) in [5, 5.41) is 20.0. The number of nitrogens with one attached hydrogen (secondary N) is 1. The number of hydrogen-bond donors (Lipinski definition) is 1. The van der Waals surface area contributed by atoms with Crippen molar-refractivity contribution in [3.05, 3.63) is 65.2 Å². The van der Waals surface area contributed by atoms with Crippen molar-refractivity contribution in [2.75, 3.05) is 18.4 Å². The number of anilines is 1. The molecule has 1 aliphatic rings. The van der Waals surface area contributed by atoms with Gasteiger partial charge >= 0.3 is 0 Å². The Morgan fingerprint density at radius 3 is 2.42 bits per heavy atom. The monoisotopic (exact) mass is 499 g/mol. The maximum atomic E-state index is 12.8. The van der Waals surface area contributed by atoms with Crippen LogP contribution in [0.15, 0.2) is 57.8 Å². The van der Waals surface area contributed by atoms with E-state index in [1.54, 1.807) is 12.1 Å². The van der Waals surface area contributed by atoms with Gasteiger partial charge in [0.05, 0.1) is 16.5 Å². The molecule has 1 fully saturated rings. The van der Waals surface area contributed by atoms with E-state index in [0.717, 1.165) is 24.8 Å². The summed E-state index contributed by atoms with van der Waals surface area (Å²) in [6.45, 7) is 1.07. The number of piperidine rings is 1. The molecule has 8 nitrogen and oxygen atoms in total. The van der Waals surface area contributed by atoms with E-state index < -0.39 is 10.0 Å². The van der Waals surface area contributed by atoms with Crippen LogP contribution in [0, 0.1) is 11.3 Å². The van der Waals surface area contributed by atoms with E-state index in [4.69, 9.17) is 5.26 Å². The third-order valence-electron chi connectivity index (χ3n) is 5.14. The van der Waals surface area contributed by atoms with Gasteiger partial charge in [0.1, 0.15) is 0 Å². The maximum Gasteiger partial charge on any atom is 0.257 e. The molecule has 1 saturated heterocycles. The molecule has 4 rings (SSSR count). The van der Waals surface area contributed by atoms with E-state index in [9.17, 15) is 13.2 Å². The fourth-order valence-electron chi connectivity index (χ4n) is 3.34. The smallest absolute Gasteiger partial charge is 0.257 e. The third-order valence-corrected chi connectivity index (χ3v) is 9.10. The van der Waals surface area contributed by atoms with Crippen molar-refractivity contribution in [2.24, 2.45) is 0 Å². The van der Waals surface area contributed by atoms with Crippen molar-refractivity contribution in [3.8, 4) is 6.07 Å². The van der Waals surface area contributed by atoms with Crippen LogP contribution in [0.3, 0.4) is 0 Å². The molecule has 33 heavy (non-hydrogen) atoms. The average Bonchev–Trinajstić information content (AvgIpc) is 3.31. The zero-order valence-corrected chi connectivity index (χ0v) is 20.0. The van der Waals surface area contributed by atoms with Crippen molar-refractivity contribution in [2.45, 2.75) is 34.3 Å². The summed E-state index contributed by atoms with van der Waals surface area (Å²) < 4.78 is 27.7. The van der Waals surface area contributed by atoms with Crippen LogP contribution in [0.1, 0.15) is 40.7 Å². The van der Waals surface area contributed by atoms with Crippen LogP contribution in [0.25, 0.3) is 0 Å². The van der Waals surface area contributed by atoms with Gasteiger partial charge in [-0.15, -0.1) is 10.2 Å². The number of amides is 1. The molecule has 0 radical (unpaired) electrons. The molecule has 0 unspecified atom stereocenters. The van der Waals surface area contributed by atoms with Gasteiger partial charge < -0.3 is 0 Å². The largest absolute Gasteiger partial charge is 0.296 e. The second-order valence-electron chi connectivity index (χ2n) is 7.41. The van der Waals surface area contributed by atoms with Gasteiger partial charge in [-0.2, -0.15) is 9.57 Å². The van der Waals surface area contributed by atoms with Gasteiger partial charge in [-0.25, -0.2) is 8.42 Å². The average molecular weight is 500 g/mol. The number of hydrogen-bond acceptors (Lipinski definition) is 8. The van der Waals surface area contributed by atoms with Gasteiger partial charge in [0.15, 0.2) is 4.34 Å². The molecule has 1 aliphatic heterocycles. The lowest BCUT2D eigenvalue weighted by Gasteiger charge is -2.25. The Balaban J connectivity index is 1.34. The molecular formula is C22H21N5O3S3. The Kier molecular flexibility index (Phi) is 7.39. The molecule has 3 aromatic rings. The van der Waals surface area contributed by atoms with Gasteiger partial charge in [0.25, 0.3) is 5.91 Å². The van der Waals surface area contributed by atoms with Crippen LogP contribution in [0.2, 0.25) is 0 Å². The van der Waals surface area contributed by atoms with Crippen molar-refractivity contribution in [1.82, 2.24) is 14.5 Å². The molecule has 0 aliphatic carbocycles. The van der Waals surface area contributed by atoms with E-state index in [1.807, 2.05) is 12.1 Å². The number of rotatable bonds is 7. The van der Waals surface area contributed by atoms with E-state index in [1.165, 1.54) is 51.7 Å². The van der Waals surface area contributed by atoms with Crippen molar-refractivity contribution in [1.29, 1.82) is 5.26 Å². The number of sulfonamides is 1. The molecule has 170 valence electrons. The number of thioether (sulfide) groups is 1. The first-order valence-electron chi connectivity index (χ1n) is 10.3.